The largest absolute Gasteiger partial charge is 0.316 e. The number of nitrogens with one attached hydrogen (secondary N) is 1. The molecule has 0 aromatic carbocycles. The van der Waals surface area contributed by atoms with Crippen LogP contribution in [0.4, 0.5) is 0 Å². The van der Waals surface area contributed by atoms with Crippen molar-refractivity contribution in [3.63, 3.8) is 0 Å². The summed E-state index contributed by atoms with van der Waals surface area (Å²) in [5.41, 5.74) is 1.28. The minimum Gasteiger partial charge on any atom is -0.316 e. The zero-order chi connectivity index (χ0) is 13.0. The Morgan fingerprint density at radius 1 is 1.29 bits per heavy atom. The summed E-state index contributed by atoms with van der Waals surface area (Å²) in [4.78, 5) is 0. The average Bonchev–Trinajstić information content (AvgIpc) is 2.57. The van der Waals surface area contributed by atoms with Crippen molar-refractivity contribution < 1.29 is 0 Å². The normalized spacial score (nSPS) is 15.2. The fourth-order valence-corrected chi connectivity index (χ4v) is 2.69. The molecule has 2 atom stereocenters. The van der Waals surface area contributed by atoms with Crippen molar-refractivity contribution in [3.05, 3.63) is 16.4 Å². The molecule has 2 unspecified atom stereocenters. The van der Waals surface area contributed by atoms with Crippen LogP contribution in [0.5, 0.6) is 0 Å². The van der Waals surface area contributed by atoms with Gasteiger partial charge >= 0.3 is 0 Å². The van der Waals surface area contributed by atoms with Gasteiger partial charge in [-0.1, -0.05) is 27.7 Å². The predicted octanol–water partition coefficient (Wildman–Crippen LogP) is 3.17. The average molecular weight is 302 g/mol. The van der Waals surface area contributed by atoms with Gasteiger partial charge in [0, 0.05) is 13.0 Å². The Labute approximate surface area is 113 Å². The molecule has 1 aromatic heterocycles. The molecule has 0 radical (unpaired) electrons. The third kappa shape index (κ3) is 4.11. The predicted molar refractivity (Wildman–Crippen MR) is 76.2 cm³/mol. The highest BCUT2D eigenvalue weighted by Crippen LogP contribution is 2.29. The Balaban J connectivity index is 2.55. The molecule has 0 spiro atoms. The Morgan fingerprint density at radius 3 is 2.41 bits per heavy atom. The Bertz CT molecular complexity index is 327. The summed E-state index contributed by atoms with van der Waals surface area (Å²) in [6, 6.07) is 0. The SMILES string of the molecule is CC(C)CNCC(C)C(C)c1c(Br)cnn1C. The maximum atomic E-state index is 4.28. The molecule has 0 saturated carbocycles. The number of hydrogen-bond donors (Lipinski definition) is 1. The van der Waals surface area contributed by atoms with Crippen molar-refractivity contribution in [3.8, 4) is 0 Å². The molecule has 98 valence electrons. The van der Waals surface area contributed by atoms with Gasteiger partial charge in [0.15, 0.2) is 0 Å². The maximum absolute atomic E-state index is 4.28. The van der Waals surface area contributed by atoms with Crippen LogP contribution in [0.25, 0.3) is 0 Å². The van der Waals surface area contributed by atoms with Gasteiger partial charge in [0.1, 0.15) is 0 Å². The van der Waals surface area contributed by atoms with Gasteiger partial charge in [-0.3, -0.25) is 4.68 Å². The van der Waals surface area contributed by atoms with E-state index in [0.717, 1.165) is 17.6 Å². The first-order chi connectivity index (χ1) is 7.93. The second-order valence-corrected chi connectivity index (χ2v) is 6.17. The van der Waals surface area contributed by atoms with Crippen molar-refractivity contribution >= 4 is 15.9 Å². The third-order valence-electron chi connectivity index (χ3n) is 3.24. The highest BCUT2D eigenvalue weighted by Gasteiger charge is 2.20. The van der Waals surface area contributed by atoms with Crippen LogP contribution in [-0.2, 0) is 7.05 Å². The molecule has 1 heterocycles. The summed E-state index contributed by atoms with van der Waals surface area (Å²) >= 11 is 3.57. The van der Waals surface area contributed by atoms with Gasteiger partial charge in [-0.25, -0.2) is 0 Å². The zero-order valence-corrected chi connectivity index (χ0v) is 13.1. The lowest BCUT2D eigenvalue weighted by atomic mass is 9.92. The van der Waals surface area contributed by atoms with E-state index >= 15 is 0 Å². The third-order valence-corrected chi connectivity index (χ3v) is 3.85. The molecular formula is C13H24BrN3. The van der Waals surface area contributed by atoms with Crippen molar-refractivity contribution in [2.24, 2.45) is 18.9 Å². The number of halogens is 1. The molecule has 17 heavy (non-hydrogen) atoms. The van der Waals surface area contributed by atoms with E-state index in [-0.39, 0.29) is 0 Å². The van der Waals surface area contributed by atoms with Crippen LogP contribution in [0, 0.1) is 11.8 Å². The van der Waals surface area contributed by atoms with E-state index in [0.29, 0.717) is 17.8 Å². The minimum absolute atomic E-state index is 0.497. The lowest BCUT2D eigenvalue weighted by Gasteiger charge is -2.21. The number of hydrogen-bond acceptors (Lipinski definition) is 2. The van der Waals surface area contributed by atoms with Gasteiger partial charge in [0.05, 0.1) is 16.4 Å². The van der Waals surface area contributed by atoms with Crippen LogP contribution >= 0.6 is 15.9 Å². The van der Waals surface area contributed by atoms with Crippen molar-refractivity contribution in [2.45, 2.75) is 33.6 Å². The molecule has 4 heteroatoms. The van der Waals surface area contributed by atoms with Crippen molar-refractivity contribution in [1.29, 1.82) is 0 Å². The van der Waals surface area contributed by atoms with E-state index in [9.17, 15) is 0 Å². The highest BCUT2D eigenvalue weighted by atomic mass is 79.9. The van der Waals surface area contributed by atoms with E-state index in [1.54, 1.807) is 0 Å². The standard InChI is InChI=1S/C13H24BrN3/c1-9(2)6-15-7-10(3)11(4)13-12(14)8-16-17(13)5/h8-11,15H,6-7H2,1-5H3. The first-order valence-electron chi connectivity index (χ1n) is 6.31. The summed E-state index contributed by atoms with van der Waals surface area (Å²) in [7, 11) is 2.00. The van der Waals surface area contributed by atoms with Gasteiger partial charge in [0.2, 0.25) is 0 Å². The molecule has 0 bridgehead atoms. The lowest BCUT2D eigenvalue weighted by Crippen LogP contribution is -2.28. The van der Waals surface area contributed by atoms with E-state index in [2.05, 4.69) is 54.0 Å². The molecule has 0 aliphatic heterocycles. The quantitative estimate of drug-likeness (QED) is 0.875. The monoisotopic (exact) mass is 301 g/mol. The summed E-state index contributed by atoms with van der Waals surface area (Å²) < 4.78 is 3.08. The van der Waals surface area contributed by atoms with Crippen LogP contribution in [0.3, 0.4) is 0 Å². The molecule has 3 nitrogen and oxygen atoms in total. The first kappa shape index (κ1) is 14.7. The van der Waals surface area contributed by atoms with E-state index in [1.165, 1.54) is 5.69 Å². The number of aryl methyl sites for hydroxylation is 1. The molecule has 1 N–H and O–H groups in total. The number of nitrogens with zero attached hydrogens (tertiary/aromatic N) is 2. The lowest BCUT2D eigenvalue weighted by molar-refractivity contribution is 0.413. The Morgan fingerprint density at radius 2 is 1.94 bits per heavy atom. The zero-order valence-electron chi connectivity index (χ0n) is 11.5. The summed E-state index contributed by atoms with van der Waals surface area (Å²) in [6.07, 6.45) is 1.88. The van der Waals surface area contributed by atoms with Crippen LogP contribution in [0.1, 0.15) is 39.3 Å². The molecular weight excluding hydrogens is 278 g/mol. The summed E-state index contributed by atoms with van der Waals surface area (Å²) in [5.74, 6) is 1.80. The highest BCUT2D eigenvalue weighted by molar-refractivity contribution is 9.10. The van der Waals surface area contributed by atoms with Gasteiger partial charge in [-0.2, -0.15) is 5.10 Å². The van der Waals surface area contributed by atoms with Gasteiger partial charge in [0.25, 0.3) is 0 Å². The topological polar surface area (TPSA) is 29.9 Å². The maximum Gasteiger partial charge on any atom is 0.0635 e. The van der Waals surface area contributed by atoms with Crippen molar-refractivity contribution in [2.75, 3.05) is 13.1 Å². The smallest absolute Gasteiger partial charge is 0.0635 e. The van der Waals surface area contributed by atoms with Crippen LogP contribution < -0.4 is 5.32 Å². The second-order valence-electron chi connectivity index (χ2n) is 5.32. The van der Waals surface area contributed by atoms with E-state index in [1.807, 2.05) is 17.9 Å². The fraction of sp³-hybridized carbons (Fsp3) is 0.769. The number of aromatic nitrogens is 2. The van der Waals surface area contributed by atoms with Crippen LogP contribution in [0.2, 0.25) is 0 Å². The molecule has 0 aliphatic carbocycles. The fourth-order valence-electron chi connectivity index (χ4n) is 1.98. The number of rotatable bonds is 6. The Kier molecular flexibility index (Phi) is 5.67. The minimum atomic E-state index is 0.497. The summed E-state index contributed by atoms with van der Waals surface area (Å²) in [6.45, 7) is 11.2. The molecule has 0 fully saturated rings. The molecule has 1 aromatic rings. The van der Waals surface area contributed by atoms with E-state index in [4.69, 9.17) is 0 Å². The van der Waals surface area contributed by atoms with Crippen molar-refractivity contribution in [1.82, 2.24) is 15.1 Å². The first-order valence-corrected chi connectivity index (χ1v) is 7.10. The van der Waals surface area contributed by atoms with Crippen LogP contribution in [0.15, 0.2) is 10.7 Å². The van der Waals surface area contributed by atoms with Gasteiger partial charge < -0.3 is 5.32 Å². The van der Waals surface area contributed by atoms with Gasteiger partial charge in [-0.05, 0) is 40.9 Å². The van der Waals surface area contributed by atoms with Crippen LogP contribution in [-0.4, -0.2) is 22.9 Å². The summed E-state index contributed by atoms with van der Waals surface area (Å²) in [5, 5.41) is 7.80. The molecule has 0 aliphatic rings. The molecule has 1 rings (SSSR count). The molecule has 0 amide bonds. The van der Waals surface area contributed by atoms with E-state index < -0.39 is 0 Å². The Hall–Kier alpha value is -0.350. The second kappa shape index (κ2) is 6.55. The van der Waals surface area contributed by atoms with Gasteiger partial charge in [-0.15, -0.1) is 0 Å². The molecule has 0 saturated heterocycles.